The molecule has 1 aromatic heterocycles. The molecule has 82 valence electrons. The van der Waals surface area contributed by atoms with E-state index in [0.717, 1.165) is 18.2 Å². The number of pyridine rings is 1. The van der Waals surface area contributed by atoms with Crippen LogP contribution in [0.2, 0.25) is 0 Å². The minimum Gasteiger partial charge on any atom is -0.308 e. The Kier molecular flexibility index (Phi) is 3.31. The Morgan fingerprint density at radius 2 is 2.33 bits per heavy atom. The van der Waals surface area contributed by atoms with Gasteiger partial charge < -0.3 is 5.32 Å². The van der Waals surface area contributed by atoms with E-state index in [1.807, 2.05) is 0 Å². The first-order valence-electron chi connectivity index (χ1n) is 5.58. The molecule has 1 saturated carbocycles. The molecule has 3 heteroatoms. The van der Waals surface area contributed by atoms with E-state index in [0.29, 0.717) is 6.04 Å². The van der Waals surface area contributed by atoms with E-state index in [4.69, 9.17) is 0 Å². The monoisotopic (exact) mass is 208 g/mol. The lowest BCUT2D eigenvalue weighted by Gasteiger charge is -2.11. The number of aromatic nitrogens is 1. The van der Waals surface area contributed by atoms with E-state index in [2.05, 4.69) is 17.2 Å². The molecule has 0 aromatic carbocycles. The minimum absolute atomic E-state index is 0.270. The molecule has 0 radical (unpaired) electrons. The lowest BCUT2D eigenvalue weighted by Crippen LogP contribution is -2.26. The van der Waals surface area contributed by atoms with Crippen LogP contribution in [0.4, 0.5) is 4.39 Å². The second-order valence-corrected chi connectivity index (χ2v) is 4.46. The molecule has 1 heterocycles. The molecule has 1 fully saturated rings. The number of nitrogens with zero attached hydrogens (tertiary/aromatic N) is 1. The molecule has 1 aromatic rings. The zero-order chi connectivity index (χ0) is 10.7. The Bertz CT molecular complexity index is 310. The van der Waals surface area contributed by atoms with Gasteiger partial charge in [0.2, 0.25) is 0 Å². The van der Waals surface area contributed by atoms with Crippen molar-refractivity contribution in [2.75, 3.05) is 0 Å². The molecule has 0 amide bonds. The van der Waals surface area contributed by atoms with E-state index in [1.165, 1.54) is 31.5 Å². The van der Waals surface area contributed by atoms with Crippen molar-refractivity contribution in [2.24, 2.45) is 5.92 Å². The highest BCUT2D eigenvalue weighted by Crippen LogP contribution is 2.24. The fourth-order valence-corrected chi connectivity index (χ4v) is 2.15. The Labute approximate surface area is 89.9 Å². The molecule has 2 nitrogen and oxygen atoms in total. The predicted octanol–water partition coefficient (Wildman–Crippen LogP) is 2.50. The van der Waals surface area contributed by atoms with Crippen molar-refractivity contribution in [3.05, 3.63) is 29.8 Å². The van der Waals surface area contributed by atoms with Crippen molar-refractivity contribution >= 4 is 0 Å². The third-order valence-electron chi connectivity index (χ3n) is 3.06. The highest BCUT2D eigenvalue weighted by Gasteiger charge is 2.20. The van der Waals surface area contributed by atoms with Gasteiger partial charge in [0.25, 0.3) is 0 Å². The number of rotatable bonds is 3. The van der Waals surface area contributed by atoms with Gasteiger partial charge in [-0.25, -0.2) is 4.39 Å². The Balaban J connectivity index is 1.80. The maximum absolute atomic E-state index is 12.6. The van der Waals surface area contributed by atoms with Gasteiger partial charge in [0.05, 0.1) is 11.9 Å². The normalized spacial score (nSPS) is 25.7. The summed E-state index contributed by atoms with van der Waals surface area (Å²) in [5.41, 5.74) is 0.913. The molecule has 0 bridgehead atoms. The van der Waals surface area contributed by atoms with Crippen LogP contribution in [0.15, 0.2) is 18.3 Å². The third kappa shape index (κ3) is 2.99. The van der Waals surface area contributed by atoms with Crippen molar-refractivity contribution in [3.63, 3.8) is 0 Å². The second-order valence-electron chi connectivity index (χ2n) is 4.46. The highest BCUT2D eigenvalue weighted by molar-refractivity contribution is 5.05. The van der Waals surface area contributed by atoms with Crippen LogP contribution in [-0.4, -0.2) is 11.0 Å². The Hall–Kier alpha value is -0.960. The summed E-state index contributed by atoms with van der Waals surface area (Å²) in [6.45, 7) is 3.04. The van der Waals surface area contributed by atoms with Gasteiger partial charge in [-0.2, -0.15) is 0 Å². The fraction of sp³-hybridized carbons (Fsp3) is 0.583. The minimum atomic E-state index is -0.270. The molecule has 2 rings (SSSR count). The lowest BCUT2D eigenvalue weighted by molar-refractivity contribution is 0.497. The van der Waals surface area contributed by atoms with Gasteiger partial charge in [0, 0.05) is 12.6 Å². The molecule has 0 saturated heterocycles. The van der Waals surface area contributed by atoms with Crippen molar-refractivity contribution in [1.29, 1.82) is 0 Å². The van der Waals surface area contributed by atoms with Gasteiger partial charge in [-0.1, -0.05) is 6.92 Å². The summed E-state index contributed by atoms with van der Waals surface area (Å²) >= 11 is 0. The topological polar surface area (TPSA) is 24.9 Å². The lowest BCUT2D eigenvalue weighted by atomic mass is 10.1. The first kappa shape index (κ1) is 10.6. The van der Waals surface area contributed by atoms with E-state index in [1.54, 1.807) is 6.07 Å². The quantitative estimate of drug-likeness (QED) is 0.825. The number of halogens is 1. The average molecular weight is 208 g/mol. The van der Waals surface area contributed by atoms with Crippen LogP contribution < -0.4 is 5.32 Å². The van der Waals surface area contributed by atoms with Gasteiger partial charge >= 0.3 is 0 Å². The molecule has 2 atom stereocenters. The number of hydrogen-bond acceptors (Lipinski definition) is 2. The summed E-state index contributed by atoms with van der Waals surface area (Å²) < 4.78 is 12.6. The number of hydrogen-bond donors (Lipinski definition) is 1. The molecule has 1 N–H and O–H groups in total. The van der Waals surface area contributed by atoms with Crippen LogP contribution in [0.3, 0.4) is 0 Å². The summed E-state index contributed by atoms with van der Waals surface area (Å²) in [6.07, 6.45) is 5.09. The summed E-state index contributed by atoms with van der Waals surface area (Å²) in [5, 5.41) is 3.46. The zero-order valence-electron chi connectivity index (χ0n) is 9.04. The zero-order valence-corrected chi connectivity index (χ0v) is 9.04. The third-order valence-corrected chi connectivity index (χ3v) is 3.06. The molecule has 0 unspecified atom stereocenters. The van der Waals surface area contributed by atoms with Gasteiger partial charge in [0.15, 0.2) is 0 Å². The van der Waals surface area contributed by atoms with Gasteiger partial charge in [-0.3, -0.25) is 4.98 Å². The first-order valence-corrected chi connectivity index (χ1v) is 5.58. The Morgan fingerprint density at radius 1 is 1.47 bits per heavy atom. The SMILES string of the molecule is C[C@@H]1CC[C@H](NCc2ccc(F)cn2)C1. The van der Waals surface area contributed by atoms with Crippen LogP contribution in [-0.2, 0) is 6.54 Å². The molecule has 1 aliphatic rings. The summed E-state index contributed by atoms with van der Waals surface area (Å²) in [5.74, 6) is 0.567. The predicted molar refractivity (Wildman–Crippen MR) is 57.8 cm³/mol. The van der Waals surface area contributed by atoms with Crippen molar-refractivity contribution in [3.8, 4) is 0 Å². The van der Waals surface area contributed by atoms with Gasteiger partial charge in [-0.05, 0) is 37.3 Å². The van der Waals surface area contributed by atoms with E-state index < -0.39 is 0 Å². The van der Waals surface area contributed by atoms with Crippen LogP contribution in [0.25, 0.3) is 0 Å². The summed E-state index contributed by atoms with van der Waals surface area (Å²) in [7, 11) is 0. The van der Waals surface area contributed by atoms with Gasteiger partial charge in [-0.15, -0.1) is 0 Å². The van der Waals surface area contributed by atoms with Crippen LogP contribution in [0, 0.1) is 11.7 Å². The summed E-state index contributed by atoms with van der Waals surface area (Å²) in [4.78, 5) is 4.02. The van der Waals surface area contributed by atoms with Crippen molar-refractivity contribution < 1.29 is 4.39 Å². The van der Waals surface area contributed by atoms with E-state index in [9.17, 15) is 4.39 Å². The number of nitrogens with one attached hydrogen (secondary N) is 1. The van der Waals surface area contributed by atoms with Crippen molar-refractivity contribution in [1.82, 2.24) is 10.3 Å². The van der Waals surface area contributed by atoms with Crippen LogP contribution in [0.1, 0.15) is 31.9 Å². The maximum atomic E-state index is 12.6. The van der Waals surface area contributed by atoms with Gasteiger partial charge in [0.1, 0.15) is 5.82 Å². The molecule has 1 aliphatic carbocycles. The molecule has 0 aliphatic heterocycles. The Morgan fingerprint density at radius 3 is 2.93 bits per heavy atom. The fourth-order valence-electron chi connectivity index (χ4n) is 2.15. The highest BCUT2D eigenvalue weighted by atomic mass is 19.1. The average Bonchev–Trinajstić information content (AvgIpc) is 2.64. The van der Waals surface area contributed by atoms with Crippen LogP contribution in [0.5, 0.6) is 0 Å². The van der Waals surface area contributed by atoms with E-state index >= 15 is 0 Å². The maximum Gasteiger partial charge on any atom is 0.141 e. The standard InChI is InChI=1S/C12H17FN2/c1-9-2-4-11(6-9)15-8-12-5-3-10(13)7-14-12/h3,5,7,9,11,15H,2,4,6,8H2,1H3/t9-,11+/m1/s1. The first-order chi connectivity index (χ1) is 7.24. The second kappa shape index (κ2) is 4.71. The van der Waals surface area contributed by atoms with Crippen molar-refractivity contribution in [2.45, 2.75) is 38.8 Å². The smallest absolute Gasteiger partial charge is 0.141 e. The molecule has 15 heavy (non-hydrogen) atoms. The molecular weight excluding hydrogens is 191 g/mol. The van der Waals surface area contributed by atoms with Crippen LogP contribution >= 0.6 is 0 Å². The van der Waals surface area contributed by atoms with E-state index in [-0.39, 0.29) is 5.82 Å². The largest absolute Gasteiger partial charge is 0.308 e. The molecular formula is C12H17FN2. The summed E-state index contributed by atoms with van der Waals surface area (Å²) in [6, 6.07) is 3.81. The molecule has 0 spiro atoms.